The second-order valence-corrected chi connectivity index (χ2v) is 4.72. The summed E-state index contributed by atoms with van der Waals surface area (Å²) in [5.74, 6) is -0.275. The number of carbonyl (C=O) groups excluding carboxylic acids is 1. The van der Waals surface area contributed by atoms with Gasteiger partial charge in [-0.3, -0.25) is 9.59 Å². The van der Waals surface area contributed by atoms with E-state index in [1.165, 1.54) is 12.1 Å². The minimum absolute atomic E-state index is 0.187. The van der Waals surface area contributed by atoms with Crippen LogP contribution in [0.5, 0.6) is 0 Å². The number of nitrogens with one attached hydrogen (secondary N) is 1. The molecule has 92 valence electrons. The van der Waals surface area contributed by atoms with E-state index in [0.717, 1.165) is 0 Å². The van der Waals surface area contributed by atoms with Gasteiger partial charge in [-0.25, -0.2) is 5.10 Å². The number of rotatable bonds is 1. The number of likely N-dealkylation sites (tertiary alicyclic amines) is 1. The van der Waals surface area contributed by atoms with Crippen molar-refractivity contribution in [2.75, 3.05) is 6.54 Å². The van der Waals surface area contributed by atoms with Crippen LogP contribution in [0.1, 0.15) is 30.8 Å². The highest BCUT2D eigenvalue weighted by atomic mass is 16.3. The normalized spacial score (nSPS) is 22.8. The maximum atomic E-state index is 12.1. The minimum atomic E-state index is -0.602. The van der Waals surface area contributed by atoms with Crippen molar-refractivity contribution >= 4 is 5.91 Å². The van der Waals surface area contributed by atoms with E-state index in [1.807, 2.05) is 13.8 Å². The Hall–Kier alpha value is -1.69. The van der Waals surface area contributed by atoms with E-state index >= 15 is 0 Å². The highest BCUT2D eigenvalue weighted by Crippen LogP contribution is 2.29. The van der Waals surface area contributed by atoms with Gasteiger partial charge in [-0.2, -0.15) is 5.10 Å². The van der Waals surface area contributed by atoms with Crippen molar-refractivity contribution in [1.82, 2.24) is 15.1 Å². The number of aromatic nitrogens is 2. The predicted molar refractivity (Wildman–Crippen MR) is 60.6 cm³/mol. The van der Waals surface area contributed by atoms with Gasteiger partial charge in [0.1, 0.15) is 5.69 Å². The number of aliphatic hydroxyl groups is 1. The topological polar surface area (TPSA) is 86.3 Å². The molecular weight excluding hydrogens is 222 g/mol. The zero-order valence-electron chi connectivity index (χ0n) is 9.80. The monoisotopic (exact) mass is 237 g/mol. The zero-order chi connectivity index (χ0) is 12.6. The molecule has 0 spiro atoms. The summed E-state index contributed by atoms with van der Waals surface area (Å²) >= 11 is 0. The summed E-state index contributed by atoms with van der Waals surface area (Å²) in [6, 6.07) is 2.65. The number of aliphatic hydroxyl groups excluding tert-OH is 1. The Kier molecular flexibility index (Phi) is 2.74. The van der Waals surface area contributed by atoms with E-state index in [9.17, 15) is 14.7 Å². The molecule has 1 aliphatic heterocycles. The molecule has 1 atom stereocenters. The van der Waals surface area contributed by atoms with Gasteiger partial charge in [0.15, 0.2) is 0 Å². The lowest BCUT2D eigenvalue weighted by molar-refractivity contribution is 0.0389. The smallest absolute Gasteiger partial charge is 0.274 e. The first-order valence-corrected chi connectivity index (χ1v) is 5.48. The summed E-state index contributed by atoms with van der Waals surface area (Å²) in [4.78, 5) is 24.6. The summed E-state index contributed by atoms with van der Waals surface area (Å²) in [7, 11) is 0. The van der Waals surface area contributed by atoms with Crippen LogP contribution < -0.4 is 5.56 Å². The number of amides is 1. The Morgan fingerprint density at radius 3 is 2.76 bits per heavy atom. The zero-order valence-corrected chi connectivity index (χ0v) is 9.80. The molecule has 17 heavy (non-hydrogen) atoms. The van der Waals surface area contributed by atoms with Gasteiger partial charge >= 0.3 is 0 Å². The largest absolute Gasteiger partial charge is 0.391 e. The molecular formula is C11H15N3O3. The van der Waals surface area contributed by atoms with Crippen molar-refractivity contribution in [2.45, 2.75) is 31.9 Å². The molecule has 0 aromatic carbocycles. The second-order valence-electron chi connectivity index (χ2n) is 4.72. The standard InChI is InChI=1S/C11H15N3O3/c1-11(2)8(15)5-6-14(11)10(17)7-3-4-9(16)13-12-7/h3-4,8,15H,5-6H2,1-2H3,(H,13,16). The van der Waals surface area contributed by atoms with Crippen LogP contribution in [0, 0.1) is 0 Å². The van der Waals surface area contributed by atoms with E-state index in [-0.39, 0.29) is 17.2 Å². The SMILES string of the molecule is CC1(C)C(O)CCN1C(=O)c1ccc(=O)[nH]n1. The average Bonchev–Trinajstić information content (AvgIpc) is 2.54. The fourth-order valence-electron chi connectivity index (χ4n) is 2.04. The van der Waals surface area contributed by atoms with E-state index in [0.29, 0.717) is 13.0 Å². The highest BCUT2D eigenvalue weighted by molar-refractivity contribution is 5.92. The molecule has 1 aromatic rings. The first-order valence-electron chi connectivity index (χ1n) is 5.48. The quantitative estimate of drug-likeness (QED) is 0.705. The first kappa shape index (κ1) is 11.8. The number of aromatic amines is 1. The molecule has 1 aliphatic rings. The Morgan fingerprint density at radius 1 is 1.59 bits per heavy atom. The third kappa shape index (κ3) is 1.95. The maximum Gasteiger partial charge on any atom is 0.274 e. The molecule has 1 saturated heterocycles. The first-order chi connectivity index (χ1) is 7.93. The minimum Gasteiger partial charge on any atom is -0.391 e. The van der Waals surface area contributed by atoms with Gasteiger partial charge in [0.05, 0.1) is 11.6 Å². The van der Waals surface area contributed by atoms with E-state index in [2.05, 4.69) is 10.2 Å². The molecule has 0 aliphatic carbocycles. The van der Waals surface area contributed by atoms with Gasteiger partial charge in [0.25, 0.3) is 11.5 Å². The number of hydrogen-bond donors (Lipinski definition) is 2. The van der Waals surface area contributed by atoms with Crippen LogP contribution in [0.15, 0.2) is 16.9 Å². The average molecular weight is 237 g/mol. The van der Waals surface area contributed by atoms with Crippen LogP contribution in [0.4, 0.5) is 0 Å². The van der Waals surface area contributed by atoms with Crippen molar-refractivity contribution < 1.29 is 9.90 Å². The van der Waals surface area contributed by atoms with Crippen LogP contribution >= 0.6 is 0 Å². The summed E-state index contributed by atoms with van der Waals surface area (Å²) in [6.07, 6.45) is 0.0245. The number of hydrogen-bond acceptors (Lipinski definition) is 4. The Bertz CT molecular complexity index is 474. The molecule has 1 amide bonds. The summed E-state index contributed by atoms with van der Waals surface area (Å²) < 4.78 is 0. The van der Waals surface area contributed by atoms with Gasteiger partial charge in [-0.1, -0.05) is 0 Å². The van der Waals surface area contributed by atoms with Crippen molar-refractivity contribution in [2.24, 2.45) is 0 Å². The predicted octanol–water partition coefficient (Wildman–Crippen LogP) is -0.245. The molecule has 6 heteroatoms. The molecule has 2 heterocycles. The van der Waals surface area contributed by atoms with E-state index in [1.54, 1.807) is 4.90 Å². The third-order valence-electron chi connectivity index (χ3n) is 3.28. The molecule has 6 nitrogen and oxygen atoms in total. The Morgan fingerprint density at radius 2 is 2.29 bits per heavy atom. The van der Waals surface area contributed by atoms with Crippen molar-refractivity contribution in [3.63, 3.8) is 0 Å². The summed E-state index contributed by atoms with van der Waals surface area (Å²) in [5.41, 5.74) is -0.761. The number of H-pyrrole nitrogens is 1. The number of carbonyl (C=O) groups is 1. The van der Waals surface area contributed by atoms with Gasteiger partial charge in [-0.15, -0.1) is 0 Å². The van der Waals surface area contributed by atoms with Crippen molar-refractivity contribution in [3.05, 3.63) is 28.2 Å². The fourth-order valence-corrected chi connectivity index (χ4v) is 2.04. The van der Waals surface area contributed by atoms with E-state index in [4.69, 9.17) is 0 Å². The Labute approximate surface area is 98.3 Å². The van der Waals surface area contributed by atoms with Crippen LogP contribution in [-0.4, -0.2) is 44.3 Å². The third-order valence-corrected chi connectivity index (χ3v) is 3.28. The number of nitrogens with zero attached hydrogens (tertiary/aromatic N) is 2. The lowest BCUT2D eigenvalue weighted by Crippen LogP contribution is -2.48. The molecule has 2 rings (SSSR count). The van der Waals surface area contributed by atoms with E-state index < -0.39 is 11.6 Å². The van der Waals surface area contributed by atoms with Crippen LogP contribution in [-0.2, 0) is 0 Å². The van der Waals surface area contributed by atoms with Crippen molar-refractivity contribution in [3.8, 4) is 0 Å². The second kappa shape index (κ2) is 3.96. The summed E-state index contributed by atoms with van der Waals surface area (Å²) in [6.45, 7) is 4.12. The molecule has 2 N–H and O–H groups in total. The summed E-state index contributed by atoms with van der Waals surface area (Å²) in [5, 5.41) is 15.7. The highest BCUT2D eigenvalue weighted by Gasteiger charge is 2.43. The molecule has 1 fully saturated rings. The molecule has 0 saturated carbocycles. The maximum absolute atomic E-state index is 12.1. The van der Waals surface area contributed by atoms with Gasteiger partial charge < -0.3 is 10.0 Å². The van der Waals surface area contributed by atoms with Gasteiger partial charge in [-0.05, 0) is 26.3 Å². The molecule has 0 bridgehead atoms. The molecule has 0 radical (unpaired) electrons. The fraction of sp³-hybridized carbons (Fsp3) is 0.545. The Balaban J connectivity index is 2.27. The van der Waals surface area contributed by atoms with Crippen LogP contribution in [0.2, 0.25) is 0 Å². The van der Waals surface area contributed by atoms with Crippen molar-refractivity contribution in [1.29, 1.82) is 0 Å². The van der Waals surface area contributed by atoms with Gasteiger partial charge in [0, 0.05) is 12.6 Å². The molecule has 1 unspecified atom stereocenters. The van der Waals surface area contributed by atoms with Gasteiger partial charge in [0.2, 0.25) is 0 Å². The molecule has 1 aromatic heterocycles. The lowest BCUT2D eigenvalue weighted by Gasteiger charge is -2.33. The van der Waals surface area contributed by atoms with Crippen LogP contribution in [0.3, 0.4) is 0 Å². The lowest BCUT2D eigenvalue weighted by atomic mass is 9.98. The van der Waals surface area contributed by atoms with Crippen LogP contribution in [0.25, 0.3) is 0 Å².